The van der Waals surface area contributed by atoms with Crippen LogP contribution < -0.4 is 11.1 Å². The molecule has 94 valence electrons. The Morgan fingerprint density at radius 1 is 1.41 bits per heavy atom. The van der Waals surface area contributed by atoms with Gasteiger partial charge in [0.2, 0.25) is 5.91 Å². The van der Waals surface area contributed by atoms with E-state index in [0.29, 0.717) is 5.69 Å². The van der Waals surface area contributed by atoms with Gasteiger partial charge in [-0.05, 0) is 30.0 Å². The highest BCUT2D eigenvalue weighted by Crippen LogP contribution is 2.21. The second kappa shape index (κ2) is 4.84. The molecule has 3 N–H and O–H groups in total. The molecule has 0 bridgehead atoms. The van der Waals surface area contributed by atoms with Crippen molar-refractivity contribution in [1.29, 1.82) is 0 Å². The van der Waals surface area contributed by atoms with Crippen LogP contribution in [0.4, 0.5) is 10.1 Å². The first kappa shape index (κ1) is 13.6. The number of carbonyl (C=O) groups excluding carboxylic acids is 1. The summed E-state index contributed by atoms with van der Waals surface area (Å²) in [6, 6.07) is 3.63. The highest BCUT2D eigenvalue weighted by atomic mass is 19.1. The lowest BCUT2D eigenvalue weighted by Crippen LogP contribution is -2.45. The number of rotatable bonds is 2. The Bertz CT molecular complexity index is 424. The van der Waals surface area contributed by atoms with Gasteiger partial charge in [0.05, 0.1) is 6.04 Å². The molecule has 0 heterocycles. The zero-order valence-corrected chi connectivity index (χ0v) is 10.7. The summed E-state index contributed by atoms with van der Waals surface area (Å²) >= 11 is 0. The Labute approximate surface area is 101 Å². The summed E-state index contributed by atoms with van der Waals surface area (Å²) in [6.45, 7) is 7.46. The molecule has 4 heteroatoms. The number of amides is 1. The van der Waals surface area contributed by atoms with Crippen LogP contribution in [0.15, 0.2) is 18.2 Å². The van der Waals surface area contributed by atoms with Crippen molar-refractivity contribution >= 4 is 11.6 Å². The molecule has 1 aromatic rings. The summed E-state index contributed by atoms with van der Waals surface area (Å²) in [6.07, 6.45) is 0. The van der Waals surface area contributed by atoms with Crippen LogP contribution in [0.25, 0.3) is 0 Å². The summed E-state index contributed by atoms with van der Waals surface area (Å²) < 4.78 is 13.1. The van der Waals surface area contributed by atoms with Gasteiger partial charge in [-0.15, -0.1) is 0 Å². The Balaban J connectivity index is 2.85. The van der Waals surface area contributed by atoms with Crippen LogP contribution in [-0.4, -0.2) is 11.9 Å². The largest absolute Gasteiger partial charge is 0.324 e. The summed E-state index contributed by atoms with van der Waals surface area (Å²) in [5.74, 6) is -0.679. The van der Waals surface area contributed by atoms with Gasteiger partial charge in [-0.1, -0.05) is 26.8 Å². The number of carbonyl (C=O) groups is 1. The Morgan fingerprint density at radius 2 is 2.00 bits per heavy atom. The average Bonchev–Trinajstić information content (AvgIpc) is 2.21. The molecule has 1 aromatic carbocycles. The van der Waals surface area contributed by atoms with Gasteiger partial charge in [0.1, 0.15) is 5.82 Å². The number of benzene rings is 1. The molecule has 0 aliphatic heterocycles. The van der Waals surface area contributed by atoms with Gasteiger partial charge in [-0.2, -0.15) is 0 Å². The minimum atomic E-state index is -0.634. The number of aryl methyl sites for hydroxylation is 1. The molecule has 1 rings (SSSR count). The van der Waals surface area contributed by atoms with E-state index in [1.807, 2.05) is 20.8 Å². The SMILES string of the molecule is Cc1ccc(F)cc1NC(=O)[C@@H](N)C(C)(C)C. The Kier molecular flexibility index (Phi) is 3.88. The van der Waals surface area contributed by atoms with E-state index in [2.05, 4.69) is 5.32 Å². The molecule has 0 saturated heterocycles. The van der Waals surface area contributed by atoms with Gasteiger partial charge in [0, 0.05) is 5.69 Å². The molecule has 17 heavy (non-hydrogen) atoms. The van der Waals surface area contributed by atoms with Crippen molar-refractivity contribution in [3.05, 3.63) is 29.6 Å². The fraction of sp³-hybridized carbons (Fsp3) is 0.462. The monoisotopic (exact) mass is 238 g/mol. The van der Waals surface area contributed by atoms with Crippen LogP contribution in [0, 0.1) is 18.2 Å². The molecule has 0 radical (unpaired) electrons. The number of hydrogen-bond donors (Lipinski definition) is 2. The zero-order chi connectivity index (χ0) is 13.2. The van der Waals surface area contributed by atoms with Crippen molar-refractivity contribution in [3.8, 4) is 0 Å². The van der Waals surface area contributed by atoms with Crippen LogP contribution in [0.3, 0.4) is 0 Å². The third-order valence-corrected chi connectivity index (χ3v) is 2.67. The molecule has 0 fully saturated rings. The quantitative estimate of drug-likeness (QED) is 0.831. The normalized spacial score (nSPS) is 13.3. The van der Waals surface area contributed by atoms with Crippen LogP contribution in [0.5, 0.6) is 0 Å². The number of hydrogen-bond acceptors (Lipinski definition) is 2. The van der Waals surface area contributed by atoms with Gasteiger partial charge >= 0.3 is 0 Å². The maximum Gasteiger partial charge on any atom is 0.241 e. The molecule has 3 nitrogen and oxygen atoms in total. The highest BCUT2D eigenvalue weighted by Gasteiger charge is 2.27. The smallest absolute Gasteiger partial charge is 0.241 e. The number of nitrogens with two attached hydrogens (primary N) is 1. The van der Waals surface area contributed by atoms with E-state index in [4.69, 9.17) is 5.73 Å². The van der Waals surface area contributed by atoms with E-state index in [1.165, 1.54) is 12.1 Å². The first-order chi connectivity index (χ1) is 7.71. The van der Waals surface area contributed by atoms with Crippen LogP contribution in [-0.2, 0) is 4.79 Å². The molecule has 0 aliphatic carbocycles. The molecule has 0 aliphatic rings. The van der Waals surface area contributed by atoms with Gasteiger partial charge in [0.25, 0.3) is 0 Å². The Hall–Kier alpha value is -1.42. The van der Waals surface area contributed by atoms with Crippen molar-refractivity contribution < 1.29 is 9.18 Å². The minimum Gasteiger partial charge on any atom is -0.324 e. The lowest BCUT2D eigenvalue weighted by molar-refractivity contribution is -0.119. The van der Waals surface area contributed by atoms with Gasteiger partial charge in [0.15, 0.2) is 0 Å². The highest BCUT2D eigenvalue weighted by molar-refractivity contribution is 5.95. The van der Waals surface area contributed by atoms with Crippen LogP contribution in [0.2, 0.25) is 0 Å². The minimum absolute atomic E-state index is 0.300. The summed E-state index contributed by atoms with van der Waals surface area (Å²) in [5, 5.41) is 2.65. The van der Waals surface area contributed by atoms with E-state index in [1.54, 1.807) is 13.0 Å². The third-order valence-electron chi connectivity index (χ3n) is 2.67. The summed E-state index contributed by atoms with van der Waals surface area (Å²) in [7, 11) is 0. The molecule has 0 spiro atoms. The predicted octanol–water partition coefficient (Wildman–Crippen LogP) is 2.45. The lowest BCUT2D eigenvalue weighted by Gasteiger charge is -2.26. The predicted molar refractivity (Wildman–Crippen MR) is 67.2 cm³/mol. The maximum atomic E-state index is 13.1. The van der Waals surface area contributed by atoms with Crippen molar-refractivity contribution in [2.45, 2.75) is 33.7 Å². The average molecular weight is 238 g/mol. The Morgan fingerprint density at radius 3 is 2.53 bits per heavy atom. The molecule has 1 atom stereocenters. The lowest BCUT2D eigenvalue weighted by atomic mass is 9.87. The standard InChI is InChI=1S/C13H19FN2O/c1-8-5-6-9(14)7-10(8)16-12(17)11(15)13(2,3)4/h5-7,11H,15H2,1-4H3,(H,16,17)/t11-/m1/s1. The van der Waals surface area contributed by atoms with Gasteiger partial charge in [-0.3, -0.25) is 4.79 Å². The van der Waals surface area contributed by atoms with E-state index in [9.17, 15) is 9.18 Å². The molecular formula is C13H19FN2O. The topological polar surface area (TPSA) is 55.1 Å². The zero-order valence-electron chi connectivity index (χ0n) is 10.7. The van der Waals surface area contributed by atoms with Gasteiger partial charge < -0.3 is 11.1 Å². The van der Waals surface area contributed by atoms with E-state index >= 15 is 0 Å². The van der Waals surface area contributed by atoms with E-state index < -0.39 is 6.04 Å². The van der Waals surface area contributed by atoms with Crippen LogP contribution in [0.1, 0.15) is 26.3 Å². The fourth-order valence-electron chi connectivity index (χ4n) is 1.33. The second-order valence-corrected chi connectivity index (χ2v) is 5.29. The second-order valence-electron chi connectivity index (χ2n) is 5.29. The first-order valence-electron chi connectivity index (χ1n) is 5.54. The van der Waals surface area contributed by atoms with Gasteiger partial charge in [-0.25, -0.2) is 4.39 Å². The van der Waals surface area contributed by atoms with E-state index in [-0.39, 0.29) is 17.1 Å². The number of anilines is 1. The fourth-order valence-corrected chi connectivity index (χ4v) is 1.33. The molecular weight excluding hydrogens is 219 g/mol. The maximum absolute atomic E-state index is 13.1. The molecule has 0 aromatic heterocycles. The van der Waals surface area contributed by atoms with Crippen LogP contribution >= 0.6 is 0 Å². The van der Waals surface area contributed by atoms with Crippen molar-refractivity contribution in [2.75, 3.05) is 5.32 Å². The van der Waals surface area contributed by atoms with Crippen molar-refractivity contribution in [1.82, 2.24) is 0 Å². The molecule has 0 unspecified atom stereocenters. The third kappa shape index (κ3) is 3.53. The molecule has 1 amide bonds. The number of nitrogens with one attached hydrogen (secondary N) is 1. The molecule has 0 saturated carbocycles. The summed E-state index contributed by atoms with van der Waals surface area (Å²) in [4.78, 5) is 11.9. The van der Waals surface area contributed by atoms with E-state index in [0.717, 1.165) is 5.56 Å². The van der Waals surface area contributed by atoms with Crippen molar-refractivity contribution in [3.63, 3.8) is 0 Å². The first-order valence-corrected chi connectivity index (χ1v) is 5.54. The van der Waals surface area contributed by atoms with Crippen molar-refractivity contribution in [2.24, 2.45) is 11.1 Å². The summed E-state index contributed by atoms with van der Waals surface area (Å²) in [5.41, 5.74) is 6.77. The number of halogens is 1.